The maximum atomic E-state index is 12.5. The van der Waals surface area contributed by atoms with Crippen molar-refractivity contribution < 1.29 is 47.0 Å². The number of amides is 2. The number of likely N-dealkylation sites (N-methyl/N-ethyl adjacent to an activating group) is 2. The van der Waals surface area contributed by atoms with Crippen LogP contribution in [0, 0.1) is 0 Å². The van der Waals surface area contributed by atoms with E-state index in [4.69, 9.17) is 28.4 Å². The molecule has 2 amide bonds. The molecular weight excluding hydrogens is 1240 g/mol. The van der Waals surface area contributed by atoms with E-state index in [0.717, 1.165) is 48.2 Å². The normalized spacial score (nSPS) is 26.4. The van der Waals surface area contributed by atoms with Crippen molar-refractivity contribution in [1.82, 2.24) is 10.6 Å². The molecule has 0 aromatic heterocycles. The first kappa shape index (κ1) is 48.7. The van der Waals surface area contributed by atoms with Crippen molar-refractivity contribution in [2.24, 2.45) is 0 Å². The predicted molar refractivity (Wildman–Crippen MR) is 400 cm³/mol. The van der Waals surface area contributed by atoms with Crippen molar-refractivity contribution in [3.63, 3.8) is 0 Å². The Labute approximate surface area is 563 Å². The Kier molecular flexibility index (Phi) is 6.19. The molecule has 8 aliphatic carbocycles. The second-order valence-corrected chi connectivity index (χ2v) is 37.2. The Morgan fingerprint density at radius 1 is 0.270 bits per heavy atom. The topological polar surface area (TPSA) is 114 Å². The number of hydrogen-bond acceptors (Lipinski definition) is 8. The van der Waals surface area contributed by atoms with Crippen LogP contribution in [0.5, 0.6) is 0 Å². The van der Waals surface area contributed by atoms with E-state index in [1.807, 2.05) is 41.5 Å². The van der Waals surface area contributed by atoms with Gasteiger partial charge in [-0.15, -0.1) is 0 Å². The zero-order valence-electron chi connectivity index (χ0n) is 56.5. The van der Waals surface area contributed by atoms with Crippen LogP contribution >= 0.6 is 0 Å². The highest BCUT2D eigenvalue weighted by atomic mass is 16.6. The molecule has 12 heteroatoms. The van der Waals surface area contributed by atoms with Gasteiger partial charge in [0.2, 0.25) is 0 Å². The first-order chi connectivity index (χ1) is 48.5. The van der Waals surface area contributed by atoms with Crippen molar-refractivity contribution in [2.75, 3.05) is 119 Å². The summed E-state index contributed by atoms with van der Waals surface area (Å²) >= 11 is 0. The molecule has 2 fully saturated rings. The standard InChI is InChI=1S/C88H56N4O8/c1-83(2,3)99-81(93)89-9-13-95-17-19-97-15-11-91(7)21-85-73-57-46-35-28-29-33-26-25-30-27-31(26)42-51-40(33)47-36(29)38-37(35)48-45-49(38)60-58(47)74-62(51)64-53(42)44-34(27)43-52-41(30)50(39(46)32(25)28)61(73)63(52)75-65-54(43)55(44)66-70-69(65)79(87(75,85)23-91)71-67(77(85)59(48)57)56(45)68-72(71)80(70)88(76(64)66)24-92(8,22-86(74,88)78(60)68)12-16-98-20-18-96-14-10-90-82(94)100-84(4,5)6/h9-24H2,1-8H3/p+2. The van der Waals surface area contributed by atoms with Crippen molar-refractivity contribution in [3.8, 4) is 0 Å². The molecule has 6 atom stereocenters. The number of nitrogens with one attached hydrogen (secondary N) is 2. The molecule has 4 spiro atoms. The fraction of sp³-hybridized carbons (Fsp3) is 0.341. The largest absolute Gasteiger partial charge is 0.444 e. The molecule has 2 saturated heterocycles. The van der Waals surface area contributed by atoms with E-state index in [-0.39, 0.29) is 21.7 Å². The molecule has 0 radical (unpaired) electrons. The number of alkyl carbamates (subject to hydrolysis) is 2. The first-order valence-corrected chi connectivity index (χ1v) is 37.4. The minimum absolute atomic E-state index is 0.305. The van der Waals surface area contributed by atoms with Gasteiger partial charge in [-0.2, -0.15) is 0 Å². The minimum atomic E-state index is -0.550. The van der Waals surface area contributed by atoms with Crippen molar-refractivity contribution in [2.45, 2.75) is 74.4 Å². The summed E-state index contributed by atoms with van der Waals surface area (Å²) in [5.74, 6) is 0. The Morgan fingerprint density at radius 3 is 0.620 bits per heavy atom. The highest BCUT2D eigenvalue weighted by molar-refractivity contribution is 6.78. The quantitative estimate of drug-likeness (QED) is 0.0496. The molecule has 2 aliphatic heterocycles. The van der Waals surface area contributed by atoms with E-state index in [2.05, 4.69) is 24.7 Å². The van der Waals surface area contributed by atoms with E-state index in [9.17, 15) is 9.59 Å². The lowest BCUT2D eigenvalue weighted by Gasteiger charge is -2.48. The Hall–Kier alpha value is -8.98. The Bertz CT molecular complexity index is 7750. The van der Waals surface area contributed by atoms with Gasteiger partial charge in [-0.25, -0.2) is 9.59 Å². The van der Waals surface area contributed by atoms with E-state index >= 15 is 0 Å². The van der Waals surface area contributed by atoms with Crippen LogP contribution in [0.4, 0.5) is 9.59 Å². The summed E-state index contributed by atoms with van der Waals surface area (Å²) in [5.41, 5.74) is 11.7. The van der Waals surface area contributed by atoms with Gasteiger partial charge in [0.1, 0.15) is 24.3 Å². The van der Waals surface area contributed by atoms with Gasteiger partial charge in [-0.05, 0) is 345 Å². The number of carbonyl (C=O) groups excluding carboxylic acids is 2. The lowest BCUT2D eigenvalue weighted by molar-refractivity contribution is -0.900. The predicted octanol–water partition coefficient (Wildman–Crippen LogP) is 16.9. The second kappa shape index (κ2) is 12.7. The molecule has 0 bridgehead atoms. The fourth-order valence-corrected chi connectivity index (χ4v) is 30.8. The molecule has 12 nitrogen and oxygen atoms in total. The van der Waals surface area contributed by atoms with Gasteiger partial charge in [0.25, 0.3) is 0 Å². The molecule has 2 heterocycles. The van der Waals surface area contributed by atoms with Crippen molar-refractivity contribution in [1.29, 1.82) is 0 Å². The Morgan fingerprint density at radius 2 is 0.430 bits per heavy atom. The molecule has 24 aromatic carbocycles. The van der Waals surface area contributed by atoms with Gasteiger partial charge in [-0.3, -0.25) is 0 Å². The van der Waals surface area contributed by atoms with Crippen LogP contribution in [0.3, 0.4) is 0 Å². The number of carbonyl (C=O) groups is 2. The summed E-state index contributed by atoms with van der Waals surface area (Å²) in [7, 11) is 5.34. The number of likely N-dealkylation sites (tertiary alicyclic amines) is 2. The van der Waals surface area contributed by atoms with Gasteiger partial charge in [0.05, 0.1) is 115 Å². The van der Waals surface area contributed by atoms with Crippen LogP contribution in [-0.4, -0.2) is 152 Å². The first-order valence-electron chi connectivity index (χ1n) is 37.4. The third kappa shape index (κ3) is 3.61. The molecule has 476 valence electrons. The van der Waals surface area contributed by atoms with E-state index < -0.39 is 23.4 Å². The van der Waals surface area contributed by atoms with Crippen LogP contribution < -0.4 is 10.6 Å². The van der Waals surface area contributed by atoms with Gasteiger partial charge in [0, 0.05) is 13.1 Å². The van der Waals surface area contributed by atoms with Gasteiger partial charge >= 0.3 is 12.2 Å². The molecule has 10 aliphatic rings. The van der Waals surface area contributed by atoms with Crippen molar-refractivity contribution in [3.05, 3.63) is 44.5 Å². The van der Waals surface area contributed by atoms with Crippen LogP contribution in [0.1, 0.15) is 86.1 Å². The average molecular weight is 1300 g/mol. The average Bonchev–Trinajstić information content (AvgIpc) is 1.37. The minimum Gasteiger partial charge on any atom is -0.444 e. The lowest BCUT2D eigenvalue weighted by atomic mass is 9.49. The summed E-state index contributed by atoms with van der Waals surface area (Å²) in [6.45, 7) is 22.2. The molecule has 100 heavy (non-hydrogen) atoms. The SMILES string of the molecule is CC(C)(C)OC(=O)NCCOCCOCC[N+]1(C)CC23c4c5c6c7c8c4c4c2c2c9c%10c%11c%12c(c5c5c6c6c%13c%14c%15c%16c%17c(c8c8c4c4c2c2c9c9c%11c%11c%18c%12c5c%13c%18c5c%14c%12c%16c%13c%17c8c4c4c2c2c9c%11c5c%12c2c%134)C72C[N+](C)(CCOCCOCCNC(=O)OC(C)(C)C)CC6%152)C%103C1. The van der Waals surface area contributed by atoms with Gasteiger partial charge < -0.3 is 48.0 Å². The number of nitrogens with zero attached hydrogens (tertiary/aromatic N) is 2. The van der Waals surface area contributed by atoms with E-state index in [1.54, 1.807) is 303 Å². The molecule has 34 rings (SSSR count). The van der Waals surface area contributed by atoms with Crippen LogP contribution in [-0.2, 0) is 50.1 Å². The van der Waals surface area contributed by atoms with Crippen LogP contribution in [0.25, 0.3) is 259 Å². The highest BCUT2D eigenvalue weighted by Gasteiger charge is 2.81. The molecule has 6 unspecified atom stereocenters. The Balaban J connectivity index is 0.693. The molecular formula is C88H58N4O8+2. The third-order valence-electron chi connectivity index (χ3n) is 31.5. The maximum absolute atomic E-state index is 12.5. The molecule has 0 saturated carbocycles. The molecule has 24 aromatic rings. The highest BCUT2D eigenvalue weighted by Crippen LogP contribution is 2.89. The summed E-state index contributed by atoms with van der Waals surface area (Å²) < 4.78 is 38.7. The summed E-state index contributed by atoms with van der Waals surface area (Å²) in [4.78, 5) is 24.9. The van der Waals surface area contributed by atoms with Gasteiger partial charge in [-0.1, -0.05) is 0 Å². The zero-order chi connectivity index (χ0) is 64.5. The zero-order valence-corrected chi connectivity index (χ0v) is 56.5. The van der Waals surface area contributed by atoms with Gasteiger partial charge in [0.15, 0.2) is 0 Å². The smallest absolute Gasteiger partial charge is 0.407 e. The van der Waals surface area contributed by atoms with E-state index in [0.29, 0.717) is 65.9 Å². The lowest BCUT2D eigenvalue weighted by Crippen LogP contribution is -2.51. The fourth-order valence-electron chi connectivity index (χ4n) is 30.8. The monoisotopic (exact) mass is 1300 g/mol. The second-order valence-electron chi connectivity index (χ2n) is 37.2. The summed E-state index contributed by atoms with van der Waals surface area (Å²) in [5, 5.41) is 85.1. The van der Waals surface area contributed by atoms with Crippen LogP contribution in [0.2, 0.25) is 0 Å². The maximum Gasteiger partial charge on any atom is 0.407 e. The number of rotatable bonds is 18. The number of hydrogen-bond donors (Lipinski definition) is 2. The molecule has 2 N–H and O–H groups in total. The number of benzene rings is 16. The van der Waals surface area contributed by atoms with Crippen LogP contribution in [0.15, 0.2) is 0 Å². The number of quaternary nitrogens is 2. The summed E-state index contributed by atoms with van der Waals surface area (Å²) in [6.07, 6.45) is -0.830. The third-order valence-corrected chi connectivity index (χ3v) is 31.5. The summed E-state index contributed by atoms with van der Waals surface area (Å²) in [6, 6.07) is 0. The number of ether oxygens (including phenoxy) is 6. The van der Waals surface area contributed by atoms with Crippen molar-refractivity contribution >= 4 is 271 Å². The van der Waals surface area contributed by atoms with E-state index in [1.165, 1.54) is 0 Å².